The lowest BCUT2D eigenvalue weighted by molar-refractivity contribution is -0.118. The zero-order valence-corrected chi connectivity index (χ0v) is 27.6. The molecule has 2 aliphatic carbocycles. The first-order valence-electron chi connectivity index (χ1n) is 16.6. The number of anilines is 1. The minimum atomic E-state index is -0.579. The molecule has 10 heteroatoms. The van der Waals surface area contributed by atoms with Crippen molar-refractivity contribution in [2.24, 2.45) is 17.8 Å². The molecule has 2 saturated carbocycles. The van der Waals surface area contributed by atoms with Crippen LogP contribution in [0, 0.1) is 17.8 Å². The zero-order valence-electron chi connectivity index (χ0n) is 26.8. The average Bonchev–Trinajstić information content (AvgIpc) is 3.31. The molecule has 9 nitrogen and oxygen atoms in total. The smallest absolute Gasteiger partial charge is 0.454 e. The van der Waals surface area contributed by atoms with E-state index in [0.29, 0.717) is 40.9 Å². The van der Waals surface area contributed by atoms with Crippen LogP contribution in [0.25, 0.3) is 0 Å². The molecule has 46 heavy (non-hydrogen) atoms. The number of benzene rings is 2. The summed E-state index contributed by atoms with van der Waals surface area (Å²) in [6.45, 7) is 8.21. The van der Waals surface area contributed by atoms with Crippen LogP contribution in [-0.4, -0.2) is 54.0 Å². The number of rotatable bonds is 9. The summed E-state index contributed by atoms with van der Waals surface area (Å²) in [5.41, 5.74) is 1.49. The lowest BCUT2D eigenvalue weighted by Crippen LogP contribution is -2.37. The van der Waals surface area contributed by atoms with E-state index in [1.165, 1.54) is 17.8 Å². The Morgan fingerprint density at radius 3 is 2.63 bits per heavy atom. The molecule has 1 saturated heterocycles. The highest BCUT2D eigenvalue weighted by atomic mass is 32.1. The normalized spacial score (nSPS) is 25.7. The quantitative estimate of drug-likeness (QED) is 0.242. The Hall–Kier alpha value is -3.63. The van der Waals surface area contributed by atoms with E-state index >= 15 is 0 Å². The molecule has 0 spiro atoms. The molecule has 244 valence electrons. The van der Waals surface area contributed by atoms with Crippen molar-refractivity contribution in [3.63, 3.8) is 0 Å². The highest BCUT2D eigenvalue weighted by Crippen LogP contribution is 2.51. The number of amides is 1. The van der Waals surface area contributed by atoms with E-state index in [2.05, 4.69) is 48.1 Å². The van der Waals surface area contributed by atoms with Gasteiger partial charge in [-0.05, 0) is 73.1 Å². The van der Waals surface area contributed by atoms with Crippen molar-refractivity contribution in [2.75, 3.05) is 25.2 Å². The monoisotopic (exact) mass is 645 g/mol. The number of nitrogens with zero attached hydrogens (tertiary/aromatic N) is 2. The van der Waals surface area contributed by atoms with Crippen LogP contribution in [0.5, 0.6) is 11.5 Å². The summed E-state index contributed by atoms with van der Waals surface area (Å²) in [4.78, 5) is 34.6. The third kappa shape index (κ3) is 6.34. The van der Waals surface area contributed by atoms with Crippen LogP contribution in [0.2, 0.25) is 0 Å². The molecular weight excluding hydrogens is 602 g/mol. The second-order valence-electron chi connectivity index (χ2n) is 13.7. The van der Waals surface area contributed by atoms with Gasteiger partial charge in [0.05, 0.1) is 11.5 Å². The molecule has 3 aromatic rings. The van der Waals surface area contributed by atoms with Crippen LogP contribution in [0.1, 0.15) is 81.3 Å². The van der Waals surface area contributed by atoms with Gasteiger partial charge in [0, 0.05) is 24.2 Å². The van der Waals surface area contributed by atoms with Gasteiger partial charge in [0.25, 0.3) is 0 Å². The van der Waals surface area contributed by atoms with E-state index < -0.39 is 11.6 Å². The molecule has 0 radical (unpaired) electrons. The first-order valence-corrected chi connectivity index (χ1v) is 17.4. The van der Waals surface area contributed by atoms with Crippen molar-refractivity contribution < 1.29 is 28.5 Å². The maximum Gasteiger partial charge on any atom is 0.508 e. The van der Waals surface area contributed by atoms with Gasteiger partial charge in [-0.25, -0.2) is 9.78 Å². The number of hydrogen-bond donors (Lipinski definition) is 1. The molecular formula is C36H43N3O6S. The molecule has 7 rings (SSSR count). The Bertz CT molecular complexity index is 1560. The van der Waals surface area contributed by atoms with Crippen LogP contribution in [0.15, 0.2) is 54.7 Å². The number of fused-ring (bicyclic) bond motifs is 1. The van der Waals surface area contributed by atoms with Crippen LogP contribution >= 0.6 is 11.3 Å². The number of carbonyl (C=O) groups excluding carboxylic acids is 2. The van der Waals surface area contributed by atoms with Gasteiger partial charge in [0.2, 0.25) is 12.7 Å². The molecule has 4 aliphatic rings. The summed E-state index contributed by atoms with van der Waals surface area (Å²) in [5, 5.41) is 3.68. The number of likely N-dealkylation sites (tertiary alicyclic amines) is 1. The van der Waals surface area contributed by atoms with Gasteiger partial charge < -0.3 is 24.3 Å². The fourth-order valence-electron chi connectivity index (χ4n) is 7.47. The number of hydrogen-bond acceptors (Lipinski definition) is 9. The molecule has 3 heterocycles. The highest BCUT2D eigenvalue weighted by Gasteiger charge is 2.52. The third-order valence-electron chi connectivity index (χ3n) is 10.3. The molecule has 2 aromatic carbocycles. The van der Waals surface area contributed by atoms with Crippen molar-refractivity contribution in [2.45, 2.75) is 83.0 Å². The number of aromatic nitrogens is 1. The minimum Gasteiger partial charge on any atom is -0.454 e. The predicted octanol–water partition coefficient (Wildman–Crippen LogP) is 7.32. The first-order chi connectivity index (χ1) is 22.3. The van der Waals surface area contributed by atoms with E-state index in [4.69, 9.17) is 18.9 Å². The van der Waals surface area contributed by atoms with Crippen molar-refractivity contribution in [3.05, 3.63) is 70.7 Å². The number of ether oxygens (including phenoxy) is 4. The molecule has 0 bridgehead atoms. The summed E-state index contributed by atoms with van der Waals surface area (Å²) in [6.07, 6.45) is 6.42. The summed E-state index contributed by atoms with van der Waals surface area (Å²) in [7, 11) is 0. The Balaban J connectivity index is 1.02. The molecule has 3 fully saturated rings. The first kappa shape index (κ1) is 31.0. The molecule has 5 atom stereocenters. The average molecular weight is 646 g/mol. The number of carbonyl (C=O) groups is 2. The van der Waals surface area contributed by atoms with Crippen molar-refractivity contribution >= 4 is 28.5 Å². The minimum absolute atomic E-state index is 0.0521. The summed E-state index contributed by atoms with van der Waals surface area (Å²) in [5.74, 6) is 2.73. The lowest BCUT2D eigenvalue weighted by atomic mass is 9.75. The standard InChI is InChI=1S/C36H43N3O6S/c1-22(2)27-11-9-23(3)17-29(27)45-35(41)44-26-13-16-39(20-26)32(24-7-5-4-6-8-24)31-19-37-34(46-31)38-33(40)36(14-15-36)25-10-12-28-30(18-25)43-21-42-28/h4-8,10,12,18-19,22-23,26-27,29,32H,9,11,13-17,20-21H2,1-3H3,(H,37,38,40)/t23-,26+,27+,29?,32?/m0/s1. The van der Waals surface area contributed by atoms with Crippen LogP contribution < -0.4 is 14.8 Å². The number of thiazole rings is 1. The van der Waals surface area contributed by atoms with Gasteiger partial charge in [0.15, 0.2) is 16.6 Å². The van der Waals surface area contributed by atoms with Crippen molar-refractivity contribution in [1.29, 1.82) is 0 Å². The Morgan fingerprint density at radius 1 is 1.04 bits per heavy atom. The number of nitrogens with one attached hydrogen (secondary N) is 1. The fourth-order valence-corrected chi connectivity index (χ4v) is 8.44. The summed E-state index contributed by atoms with van der Waals surface area (Å²) < 4.78 is 22.9. The van der Waals surface area contributed by atoms with E-state index in [1.807, 2.05) is 42.6 Å². The second kappa shape index (κ2) is 12.9. The van der Waals surface area contributed by atoms with Gasteiger partial charge in [0.1, 0.15) is 12.2 Å². The van der Waals surface area contributed by atoms with Crippen LogP contribution in [0.4, 0.5) is 9.93 Å². The predicted molar refractivity (Wildman–Crippen MR) is 175 cm³/mol. The zero-order chi connectivity index (χ0) is 31.8. The lowest BCUT2D eigenvalue weighted by Gasteiger charge is -2.36. The Labute approximate surface area is 274 Å². The van der Waals surface area contributed by atoms with Crippen LogP contribution in [0.3, 0.4) is 0 Å². The maximum absolute atomic E-state index is 13.6. The van der Waals surface area contributed by atoms with Gasteiger partial charge >= 0.3 is 6.16 Å². The maximum atomic E-state index is 13.6. The van der Waals surface area contributed by atoms with Gasteiger partial charge in [-0.3, -0.25) is 9.69 Å². The molecule has 2 unspecified atom stereocenters. The molecule has 2 aliphatic heterocycles. The van der Waals surface area contributed by atoms with E-state index in [-0.39, 0.29) is 30.9 Å². The van der Waals surface area contributed by atoms with Crippen LogP contribution in [-0.2, 0) is 19.7 Å². The van der Waals surface area contributed by atoms with Crippen molar-refractivity contribution in [3.8, 4) is 11.5 Å². The van der Waals surface area contributed by atoms with Gasteiger partial charge in [-0.2, -0.15) is 0 Å². The van der Waals surface area contributed by atoms with E-state index in [9.17, 15) is 9.59 Å². The second-order valence-corrected chi connectivity index (χ2v) is 14.8. The van der Waals surface area contributed by atoms with Gasteiger partial charge in [-0.1, -0.05) is 74.9 Å². The largest absolute Gasteiger partial charge is 0.508 e. The third-order valence-corrected chi connectivity index (χ3v) is 11.2. The molecule has 1 aromatic heterocycles. The Kier molecular flexibility index (Phi) is 8.67. The van der Waals surface area contributed by atoms with E-state index in [1.54, 1.807) is 0 Å². The summed E-state index contributed by atoms with van der Waals surface area (Å²) >= 11 is 1.49. The fraction of sp³-hybridized carbons (Fsp3) is 0.528. The summed E-state index contributed by atoms with van der Waals surface area (Å²) in [6, 6.07) is 16.0. The van der Waals surface area contributed by atoms with Gasteiger partial charge in [-0.15, -0.1) is 0 Å². The Morgan fingerprint density at radius 2 is 1.85 bits per heavy atom. The molecule has 1 N–H and O–H groups in total. The van der Waals surface area contributed by atoms with Crippen molar-refractivity contribution in [1.82, 2.24) is 9.88 Å². The van der Waals surface area contributed by atoms with E-state index in [0.717, 1.165) is 54.7 Å². The highest BCUT2D eigenvalue weighted by molar-refractivity contribution is 7.15. The molecule has 1 amide bonds. The SMILES string of the molecule is CC(C)[C@H]1CC[C@H](C)CC1OC(=O)O[C@@H]1CCN(C(c2ccccc2)c2cnc(NC(=O)C3(c4ccc5c(c4)OCO5)CC3)s2)C1. The topological polar surface area (TPSA) is 99.2 Å².